The zero-order valence-corrected chi connectivity index (χ0v) is 8.40. The van der Waals surface area contributed by atoms with E-state index >= 15 is 0 Å². The molecule has 0 saturated carbocycles. The highest BCUT2D eigenvalue weighted by atomic mass is 31.1. The molecule has 1 amide bonds. The van der Waals surface area contributed by atoms with Gasteiger partial charge in [0, 0.05) is 12.6 Å². The molecule has 1 atom stereocenters. The van der Waals surface area contributed by atoms with E-state index in [1.165, 1.54) is 19.2 Å². The Labute approximate surface area is 77.0 Å². The summed E-state index contributed by atoms with van der Waals surface area (Å²) in [6.07, 6.45) is 3.92. The fourth-order valence-electron chi connectivity index (χ4n) is 0.554. The summed E-state index contributed by atoms with van der Waals surface area (Å²) >= 11 is 0. The molecule has 0 aromatic rings. The summed E-state index contributed by atoms with van der Waals surface area (Å²) < 4.78 is 14.3. The maximum absolute atomic E-state index is 10.9. The summed E-state index contributed by atoms with van der Waals surface area (Å²) in [5.41, 5.74) is 0.486. The lowest BCUT2D eigenvalue weighted by atomic mass is 10.2. The summed E-state index contributed by atoms with van der Waals surface area (Å²) in [5, 5.41) is 2.43. The van der Waals surface area contributed by atoms with Gasteiger partial charge in [0.2, 0.25) is 5.91 Å². The number of likely N-dealkylation sites (N-methyl/N-ethyl adjacent to an activating group) is 1. The third-order valence-corrected chi connectivity index (χ3v) is 1.52. The molecule has 0 aliphatic carbocycles. The minimum Gasteiger partial charge on any atom is -0.434 e. The number of nitrogens with one attached hydrogen (secondary N) is 1. The normalized spacial score (nSPS) is 14.2. The highest BCUT2D eigenvalue weighted by Crippen LogP contribution is 2.14. The Kier molecular flexibility index (Phi) is 5.93. The van der Waals surface area contributed by atoms with Crippen LogP contribution in [0.2, 0.25) is 0 Å². The molecule has 0 aliphatic heterocycles. The lowest BCUT2D eigenvalue weighted by Gasteiger charge is -1.95. The van der Waals surface area contributed by atoms with Crippen LogP contribution in [0.1, 0.15) is 6.92 Å². The number of hydrogen-bond donors (Lipinski definition) is 2. The first-order chi connectivity index (χ1) is 6.07. The first-order valence-electron chi connectivity index (χ1n) is 3.53. The van der Waals surface area contributed by atoms with E-state index < -0.39 is 8.25 Å². The zero-order chi connectivity index (χ0) is 10.3. The minimum absolute atomic E-state index is 0.207. The molecule has 0 saturated heterocycles. The van der Waals surface area contributed by atoms with Crippen molar-refractivity contribution in [1.82, 2.24) is 5.32 Å². The Balaban J connectivity index is 4.03. The van der Waals surface area contributed by atoms with E-state index in [1.54, 1.807) is 6.92 Å². The van der Waals surface area contributed by atoms with Gasteiger partial charge in [-0.25, -0.2) is 4.57 Å². The summed E-state index contributed by atoms with van der Waals surface area (Å²) in [6, 6.07) is 0. The van der Waals surface area contributed by atoms with Crippen LogP contribution in [0, 0.1) is 0 Å². The van der Waals surface area contributed by atoms with Crippen molar-refractivity contribution in [3.05, 3.63) is 24.0 Å². The van der Waals surface area contributed by atoms with Gasteiger partial charge in [0.05, 0.1) is 6.26 Å². The molecule has 0 bridgehead atoms. The Morgan fingerprint density at radius 2 is 2.23 bits per heavy atom. The molecule has 1 unspecified atom stereocenters. The second-order valence-corrected chi connectivity index (χ2v) is 2.91. The first-order valence-corrected chi connectivity index (χ1v) is 4.79. The molecule has 0 aliphatic rings. The van der Waals surface area contributed by atoms with Gasteiger partial charge in [-0.15, -0.1) is 0 Å². The monoisotopic (exact) mass is 205 g/mol. The quantitative estimate of drug-likeness (QED) is 0.305. The van der Waals surface area contributed by atoms with Gasteiger partial charge in [0.1, 0.15) is 0 Å². The van der Waals surface area contributed by atoms with Crippen LogP contribution in [0.4, 0.5) is 0 Å². The van der Waals surface area contributed by atoms with Crippen molar-refractivity contribution in [3.8, 4) is 0 Å². The second kappa shape index (κ2) is 6.46. The summed E-state index contributed by atoms with van der Waals surface area (Å²) in [7, 11) is -1.40. The van der Waals surface area contributed by atoms with Gasteiger partial charge >= 0.3 is 8.25 Å². The van der Waals surface area contributed by atoms with Crippen LogP contribution in [-0.2, 0) is 13.9 Å². The average molecular weight is 205 g/mol. The van der Waals surface area contributed by atoms with E-state index in [2.05, 4.69) is 9.84 Å². The molecule has 5 nitrogen and oxygen atoms in total. The van der Waals surface area contributed by atoms with Gasteiger partial charge in [0.15, 0.2) is 0 Å². The van der Waals surface area contributed by atoms with Crippen LogP contribution < -0.4 is 5.32 Å². The van der Waals surface area contributed by atoms with E-state index in [9.17, 15) is 9.36 Å². The topological polar surface area (TPSA) is 75.6 Å². The minimum atomic E-state index is -2.92. The Hall–Kier alpha value is -1.06. The van der Waals surface area contributed by atoms with Crippen molar-refractivity contribution < 1.29 is 18.8 Å². The van der Waals surface area contributed by atoms with Crippen molar-refractivity contribution in [2.45, 2.75) is 6.92 Å². The standard InChI is InChI=1S/C7H12NO4P/c1-6(7(9)8-2)4-3-5-12-13(10)11/h3-5,13H,1-2H3,(H,8,9)(H,10,11)/b5-3+,6-4-. The van der Waals surface area contributed by atoms with Gasteiger partial charge in [0.25, 0.3) is 0 Å². The van der Waals surface area contributed by atoms with Crippen LogP contribution in [0.15, 0.2) is 24.0 Å². The average Bonchev–Trinajstić information content (AvgIpc) is 2.10. The molecule has 0 aromatic heterocycles. The SMILES string of the molecule is CNC(=O)/C(C)=C\C=C\O[PH](=O)O. The van der Waals surface area contributed by atoms with Crippen molar-refractivity contribution in [1.29, 1.82) is 0 Å². The van der Waals surface area contributed by atoms with Gasteiger partial charge < -0.3 is 14.7 Å². The summed E-state index contributed by atoms with van der Waals surface area (Å²) in [6.45, 7) is 1.62. The van der Waals surface area contributed by atoms with Crippen LogP contribution >= 0.6 is 8.25 Å². The highest BCUT2D eigenvalue weighted by molar-refractivity contribution is 7.32. The Morgan fingerprint density at radius 1 is 1.62 bits per heavy atom. The Morgan fingerprint density at radius 3 is 2.69 bits per heavy atom. The highest BCUT2D eigenvalue weighted by Gasteiger charge is 1.96. The molecule has 0 radical (unpaired) electrons. The van der Waals surface area contributed by atoms with Crippen LogP contribution in [0.3, 0.4) is 0 Å². The van der Waals surface area contributed by atoms with E-state index in [1.807, 2.05) is 0 Å². The Bertz CT molecular complexity index is 259. The molecule has 74 valence electrons. The fourth-order valence-corrected chi connectivity index (χ4v) is 0.749. The maximum atomic E-state index is 10.9. The summed E-state index contributed by atoms with van der Waals surface area (Å²) in [5.74, 6) is -0.207. The molecular formula is C7H12NO4P. The van der Waals surface area contributed by atoms with E-state index in [0.717, 1.165) is 6.26 Å². The number of amides is 1. The maximum Gasteiger partial charge on any atom is 0.364 e. The number of rotatable bonds is 4. The van der Waals surface area contributed by atoms with Crippen molar-refractivity contribution in [3.63, 3.8) is 0 Å². The number of allylic oxidation sites excluding steroid dienone is 2. The van der Waals surface area contributed by atoms with Crippen molar-refractivity contribution in [2.24, 2.45) is 0 Å². The van der Waals surface area contributed by atoms with Crippen LogP contribution in [-0.4, -0.2) is 17.8 Å². The predicted octanol–water partition coefficient (Wildman–Crippen LogP) is 0.591. The molecule has 0 rings (SSSR count). The third-order valence-electron chi connectivity index (χ3n) is 1.18. The number of hydrogen-bond acceptors (Lipinski definition) is 3. The summed E-state index contributed by atoms with van der Waals surface area (Å²) in [4.78, 5) is 19.1. The third kappa shape index (κ3) is 6.13. The first kappa shape index (κ1) is 11.9. The largest absolute Gasteiger partial charge is 0.434 e. The van der Waals surface area contributed by atoms with Gasteiger partial charge in [-0.2, -0.15) is 0 Å². The van der Waals surface area contributed by atoms with Crippen molar-refractivity contribution in [2.75, 3.05) is 7.05 Å². The van der Waals surface area contributed by atoms with Gasteiger partial charge in [-0.05, 0) is 13.0 Å². The van der Waals surface area contributed by atoms with Crippen LogP contribution in [0.5, 0.6) is 0 Å². The number of carbonyl (C=O) groups is 1. The number of carbonyl (C=O) groups excluding carboxylic acids is 1. The molecule has 0 fully saturated rings. The lowest BCUT2D eigenvalue weighted by Crippen LogP contribution is -2.18. The molecule has 0 aromatic carbocycles. The van der Waals surface area contributed by atoms with E-state index in [4.69, 9.17) is 4.89 Å². The van der Waals surface area contributed by atoms with Crippen molar-refractivity contribution >= 4 is 14.2 Å². The van der Waals surface area contributed by atoms with E-state index in [0.29, 0.717) is 5.57 Å². The molecule has 0 spiro atoms. The van der Waals surface area contributed by atoms with Gasteiger partial charge in [-0.1, -0.05) is 6.08 Å². The molecule has 13 heavy (non-hydrogen) atoms. The predicted molar refractivity (Wildman–Crippen MR) is 49.3 cm³/mol. The molecular weight excluding hydrogens is 193 g/mol. The van der Waals surface area contributed by atoms with Gasteiger partial charge in [-0.3, -0.25) is 4.79 Å². The second-order valence-electron chi connectivity index (χ2n) is 2.14. The van der Waals surface area contributed by atoms with E-state index in [-0.39, 0.29) is 5.91 Å². The smallest absolute Gasteiger partial charge is 0.364 e. The van der Waals surface area contributed by atoms with Crippen LogP contribution in [0.25, 0.3) is 0 Å². The lowest BCUT2D eigenvalue weighted by molar-refractivity contribution is -0.116. The fraction of sp³-hybridized carbons (Fsp3) is 0.286. The molecule has 6 heteroatoms. The zero-order valence-electron chi connectivity index (χ0n) is 7.40. The molecule has 2 N–H and O–H groups in total. The molecule has 0 heterocycles.